The van der Waals surface area contributed by atoms with Crippen molar-refractivity contribution in [2.75, 3.05) is 5.73 Å². The van der Waals surface area contributed by atoms with Gasteiger partial charge in [0.15, 0.2) is 5.69 Å². The molecule has 0 saturated heterocycles. The molecule has 3 N–H and O–H groups in total. The quantitative estimate of drug-likeness (QED) is 0.836. The van der Waals surface area contributed by atoms with Crippen molar-refractivity contribution in [2.24, 2.45) is 0 Å². The summed E-state index contributed by atoms with van der Waals surface area (Å²) in [4.78, 5) is 11.3. The number of nitrogens with zero attached hydrogens (tertiary/aromatic N) is 3. The Balaban J connectivity index is 2.12. The molecule has 0 unspecified atom stereocenters. The number of aromatic carboxylic acids is 1. The molecule has 0 atom stereocenters. The Kier molecular flexibility index (Phi) is 3.14. The fourth-order valence-corrected chi connectivity index (χ4v) is 2.75. The number of carboxylic acids is 1. The number of nitrogens with two attached hydrogens (primary N) is 1. The van der Waals surface area contributed by atoms with Gasteiger partial charge in [0.25, 0.3) is 0 Å². The van der Waals surface area contributed by atoms with Crippen molar-refractivity contribution in [1.29, 1.82) is 0 Å². The molecule has 1 aliphatic carbocycles. The lowest BCUT2D eigenvalue weighted by Gasteiger charge is -2.13. The maximum atomic E-state index is 11.3. The van der Waals surface area contributed by atoms with Gasteiger partial charge in [0.1, 0.15) is 5.69 Å². The lowest BCUT2D eigenvalue weighted by Crippen LogP contribution is -2.09. The molecule has 104 valence electrons. The van der Waals surface area contributed by atoms with Crippen LogP contribution in [0, 0.1) is 0 Å². The van der Waals surface area contributed by atoms with Crippen LogP contribution in [0.15, 0.2) is 24.3 Å². The van der Waals surface area contributed by atoms with Crippen molar-refractivity contribution in [3.05, 3.63) is 30.0 Å². The zero-order valence-corrected chi connectivity index (χ0v) is 11.0. The molecule has 0 bridgehead atoms. The summed E-state index contributed by atoms with van der Waals surface area (Å²) in [7, 11) is 0. The fourth-order valence-electron chi connectivity index (χ4n) is 2.75. The topological polar surface area (TPSA) is 94.0 Å². The first-order valence-electron chi connectivity index (χ1n) is 6.71. The van der Waals surface area contributed by atoms with E-state index in [-0.39, 0.29) is 11.7 Å². The molecule has 2 aromatic rings. The van der Waals surface area contributed by atoms with Gasteiger partial charge in [0.2, 0.25) is 0 Å². The van der Waals surface area contributed by atoms with Crippen molar-refractivity contribution >= 4 is 11.7 Å². The van der Waals surface area contributed by atoms with Crippen LogP contribution in [0.25, 0.3) is 11.3 Å². The molecule has 1 aromatic carbocycles. The monoisotopic (exact) mass is 272 g/mol. The van der Waals surface area contributed by atoms with E-state index in [0.717, 1.165) is 31.2 Å². The third-order valence-corrected chi connectivity index (χ3v) is 3.75. The molecule has 6 heteroatoms. The third-order valence-electron chi connectivity index (χ3n) is 3.75. The van der Waals surface area contributed by atoms with Gasteiger partial charge in [-0.2, -0.15) is 0 Å². The second-order valence-electron chi connectivity index (χ2n) is 5.10. The van der Waals surface area contributed by atoms with Crippen LogP contribution < -0.4 is 5.73 Å². The highest BCUT2D eigenvalue weighted by Crippen LogP contribution is 2.34. The molecule has 3 rings (SSSR count). The first kappa shape index (κ1) is 12.7. The van der Waals surface area contributed by atoms with Gasteiger partial charge >= 0.3 is 5.97 Å². The minimum Gasteiger partial charge on any atom is -0.476 e. The highest BCUT2D eigenvalue weighted by molar-refractivity contribution is 5.92. The van der Waals surface area contributed by atoms with Crippen LogP contribution in [-0.2, 0) is 0 Å². The summed E-state index contributed by atoms with van der Waals surface area (Å²) in [5.74, 6) is -1.05. The number of nitrogen functional groups attached to an aromatic ring is 1. The van der Waals surface area contributed by atoms with Gasteiger partial charge in [-0.1, -0.05) is 30.2 Å². The van der Waals surface area contributed by atoms with Crippen molar-refractivity contribution in [3.63, 3.8) is 0 Å². The van der Waals surface area contributed by atoms with Crippen LogP contribution in [-0.4, -0.2) is 26.1 Å². The molecular formula is C14H16N4O2. The molecule has 0 aliphatic heterocycles. The zero-order chi connectivity index (χ0) is 14.1. The van der Waals surface area contributed by atoms with Gasteiger partial charge in [-0.3, -0.25) is 0 Å². The second kappa shape index (κ2) is 4.96. The molecule has 1 fully saturated rings. The number of hydrogen-bond acceptors (Lipinski definition) is 4. The maximum absolute atomic E-state index is 11.3. The van der Waals surface area contributed by atoms with Gasteiger partial charge in [-0.05, 0) is 25.0 Å². The van der Waals surface area contributed by atoms with E-state index in [1.54, 1.807) is 16.8 Å². The van der Waals surface area contributed by atoms with Gasteiger partial charge < -0.3 is 10.8 Å². The minimum absolute atomic E-state index is 0.00155. The van der Waals surface area contributed by atoms with Crippen LogP contribution in [0.4, 0.5) is 5.69 Å². The van der Waals surface area contributed by atoms with Crippen LogP contribution in [0.3, 0.4) is 0 Å². The van der Waals surface area contributed by atoms with Crippen molar-refractivity contribution in [3.8, 4) is 11.3 Å². The van der Waals surface area contributed by atoms with Gasteiger partial charge in [-0.15, -0.1) is 5.10 Å². The summed E-state index contributed by atoms with van der Waals surface area (Å²) < 4.78 is 1.77. The lowest BCUT2D eigenvalue weighted by molar-refractivity contribution is 0.0691. The Morgan fingerprint density at radius 2 is 1.90 bits per heavy atom. The number of aromatic nitrogens is 3. The molecule has 0 radical (unpaired) electrons. The first-order valence-corrected chi connectivity index (χ1v) is 6.71. The van der Waals surface area contributed by atoms with E-state index in [2.05, 4.69) is 10.3 Å². The van der Waals surface area contributed by atoms with Crippen molar-refractivity contribution in [1.82, 2.24) is 15.0 Å². The molecule has 1 aromatic heterocycles. The van der Waals surface area contributed by atoms with E-state index >= 15 is 0 Å². The fraction of sp³-hybridized carbons (Fsp3) is 0.357. The second-order valence-corrected chi connectivity index (χ2v) is 5.10. The summed E-state index contributed by atoms with van der Waals surface area (Å²) in [6.45, 7) is 0. The predicted octanol–water partition coefficient (Wildman–Crippen LogP) is 2.34. The average molecular weight is 272 g/mol. The van der Waals surface area contributed by atoms with E-state index in [1.165, 1.54) is 0 Å². The molecule has 1 saturated carbocycles. The molecule has 0 spiro atoms. The van der Waals surface area contributed by atoms with E-state index in [0.29, 0.717) is 11.4 Å². The van der Waals surface area contributed by atoms with Crippen LogP contribution in [0.1, 0.15) is 42.2 Å². The Morgan fingerprint density at radius 1 is 1.25 bits per heavy atom. The summed E-state index contributed by atoms with van der Waals surface area (Å²) >= 11 is 0. The highest BCUT2D eigenvalue weighted by atomic mass is 16.4. The normalized spacial score (nSPS) is 15.6. The Morgan fingerprint density at radius 3 is 2.50 bits per heavy atom. The Hall–Kier alpha value is -2.37. The Bertz CT molecular complexity index is 627. The van der Waals surface area contributed by atoms with Gasteiger partial charge in [0, 0.05) is 11.3 Å². The number of anilines is 1. The van der Waals surface area contributed by atoms with Crippen molar-refractivity contribution in [2.45, 2.75) is 31.7 Å². The third kappa shape index (κ3) is 2.13. The van der Waals surface area contributed by atoms with Crippen molar-refractivity contribution < 1.29 is 9.90 Å². The molecular weight excluding hydrogens is 256 g/mol. The van der Waals surface area contributed by atoms with E-state index in [4.69, 9.17) is 5.73 Å². The average Bonchev–Trinajstić information content (AvgIpc) is 3.08. The number of benzene rings is 1. The maximum Gasteiger partial charge on any atom is 0.358 e. The minimum atomic E-state index is -1.05. The Labute approximate surface area is 116 Å². The number of hydrogen-bond donors (Lipinski definition) is 2. The lowest BCUT2D eigenvalue weighted by atomic mass is 10.1. The summed E-state index contributed by atoms with van der Waals surface area (Å²) in [5.41, 5.74) is 7.69. The molecule has 1 aliphatic rings. The molecule has 6 nitrogen and oxygen atoms in total. The van der Waals surface area contributed by atoms with Crippen LogP contribution in [0.5, 0.6) is 0 Å². The van der Waals surface area contributed by atoms with Gasteiger partial charge in [-0.25, -0.2) is 9.48 Å². The van der Waals surface area contributed by atoms with E-state index in [9.17, 15) is 9.90 Å². The smallest absolute Gasteiger partial charge is 0.358 e. The van der Waals surface area contributed by atoms with Crippen LogP contribution in [0.2, 0.25) is 0 Å². The largest absolute Gasteiger partial charge is 0.476 e. The van der Waals surface area contributed by atoms with E-state index < -0.39 is 5.97 Å². The first-order chi connectivity index (χ1) is 9.66. The summed E-state index contributed by atoms with van der Waals surface area (Å²) in [5, 5.41) is 17.2. The molecule has 20 heavy (non-hydrogen) atoms. The highest BCUT2D eigenvalue weighted by Gasteiger charge is 2.26. The number of carboxylic acid groups (broad SMARTS) is 1. The molecule has 0 amide bonds. The predicted molar refractivity (Wildman–Crippen MR) is 74.3 cm³/mol. The standard InChI is InChI=1S/C14H16N4O2/c15-10-7-5-9(6-8-10)13-12(14(19)20)16-17-18(13)11-3-1-2-4-11/h5-8,11H,1-4,15H2,(H,19,20). The van der Waals surface area contributed by atoms with Crippen LogP contribution >= 0.6 is 0 Å². The molecule has 1 heterocycles. The summed E-state index contributed by atoms with van der Waals surface area (Å²) in [6, 6.07) is 7.38. The summed E-state index contributed by atoms with van der Waals surface area (Å²) in [6.07, 6.45) is 4.33. The van der Waals surface area contributed by atoms with E-state index in [1.807, 2.05) is 12.1 Å². The number of rotatable bonds is 3. The van der Waals surface area contributed by atoms with Gasteiger partial charge in [0.05, 0.1) is 6.04 Å². The SMILES string of the molecule is Nc1ccc(-c2c(C(=O)O)nnn2C2CCCC2)cc1. The zero-order valence-electron chi connectivity index (χ0n) is 11.0. The number of carbonyl (C=O) groups is 1.